The number of carbonyl (C=O) groups is 2. The zero-order chi connectivity index (χ0) is 19.4. The molecule has 1 heterocycles. The highest BCUT2D eigenvalue weighted by Gasteiger charge is 2.16. The molecule has 0 saturated heterocycles. The van der Waals surface area contributed by atoms with E-state index in [4.69, 9.17) is 0 Å². The van der Waals surface area contributed by atoms with Crippen LogP contribution in [-0.4, -0.2) is 37.7 Å². The fraction of sp³-hybridized carbons (Fsp3) is 0.167. The second-order valence-corrected chi connectivity index (χ2v) is 6.74. The third-order valence-corrected chi connectivity index (χ3v) is 4.56. The Labute approximate surface area is 159 Å². The highest BCUT2D eigenvalue weighted by atomic mass is 32.2. The van der Waals surface area contributed by atoms with Crippen LogP contribution in [0.4, 0.5) is 10.1 Å². The summed E-state index contributed by atoms with van der Waals surface area (Å²) in [6.45, 7) is 3.30. The van der Waals surface area contributed by atoms with Crippen molar-refractivity contribution >= 4 is 29.1 Å². The number of Topliss-reactive ketones (excluding diaryl/α,β-unsaturated/α-hetero) is 1. The molecule has 3 aromatic rings. The number of nitrogens with zero attached hydrogens (tertiary/aromatic N) is 4. The summed E-state index contributed by atoms with van der Waals surface area (Å²) in [4.78, 5) is 23.4. The van der Waals surface area contributed by atoms with Gasteiger partial charge in [0.1, 0.15) is 5.82 Å². The molecule has 7 nitrogen and oxygen atoms in total. The molecule has 2 aromatic carbocycles. The number of halogens is 1. The number of rotatable bonds is 6. The van der Waals surface area contributed by atoms with Crippen molar-refractivity contribution in [3.63, 3.8) is 0 Å². The van der Waals surface area contributed by atoms with Crippen LogP contribution in [0, 0.1) is 12.7 Å². The van der Waals surface area contributed by atoms with E-state index >= 15 is 0 Å². The molecule has 0 bridgehead atoms. The molecule has 0 aliphatic heterocycles. The van der Waals surface area contributed by atoms with Crippen LogP contribution >= 0.6 is 11.8 Å². The monoisotopic (exact) mass is 385 g/mol. The summed E-state index contributed by atoms with van der Waals surface area (Å²) in [5.41, 5.74) is 2.12. The van der Waals surface area contributed by atoms with Gasteiger partial charge in [0.25, 0.3) is 0 Å². The van der Waals surface area contributed by atoms with Crippen LogP contribution in [0.15, 0.2) is 47.6 Å². The molecule has 0 unspecified atom stereocenters. The van der Waals surface area contributed by atoms with E-state index in [1.165, 1.54) is 23.7 Å². The molecule has 0 saturated carbocycles. The second kappa shape index (κ2) is 8.09. The number of amides is 1. The molecule has 27 heavy (non-hydrogen) atoms. The lowest BCUT2D eigenvalue weighted by Gasteiger charge is -2.07. The molecule has 0 atom stereocenters. The number of hydrogen-bond donors (Lipinski definition) is 1. The number of hydrogen-bond acceptors (Lipinski definition) is 6. The fourth-order valence-corrected chi connectivity index (χ4v) is 3.12. The lowest BCUT2D eigenvalue weighted by Crippen LogP contribution is -2.09. The summed E-state index contributed by atoms with van der Waals surface area (Å²) >= 11 is 1.12. The van der Waals surface area contributed by atoms with Crippen molar-refractivity contribution in [1.29, 1.82) is 0 Å². The van der Waals surface area contributed by atoms with Gasteiger partial charge < -0.3 is 5.32 Å². The minimum Gasteiger partial charge on any atom is -0.326 e. The first kappa shape index (κ1) is 18.7. The smallest absolute Gasteiger partial charge is 0.221 e. The number of tetrazole rings is 1. The molecular weight excluding hydrogens is 369 g/mol. The summed E-state index contributed by atoms with van der Waals surface area (Å²) in [6.07, 6.45) is 0. The highest BCUT2D eigenvalue weighted by molar-refractivity contribution is 7.99. The number of benzene rings is 2. The van der Waals surface area contributed by atoms with Crippen LogP contribution in [0.5, 0.6) is 0 Å². The predicted octanol–water partition coefficient (Wildman–Crippen LogP) is 3.04. The standard InChI is InChI=1S/C18H16FN5O2S/c1-11-3-6-14(7-4-11)24-18(21-22-23-24)27-10-17(26)15-8-5-13(9-16(15)19)20-12(2)25/h3-9H,10H2,1-2H3,(H,20,25). The van der Waals surface area contributed by atoms with Gasteiger partial charge in [-0.1, -0.05) is 29.5 Å². The van der Waals surface area contributed by atoms with Crippen LogP contribution in [-0.2, 0) is 4.79 Å². The van der Waals surface area contributed by atoms with Gasteiger partial charge in [0.05, 0.1) is 17.0 Å². The molecule has 0 spiro atoms. The summed E-state index contributed by atoms with van der Waals surface area (Å²) in [5.74, 6) is -1.43. The van der Waals surface area contributed by atoms with E-state index in [9.17, 15) is 14.0 Å². The lowest BCUT2D eigenvalue weighted by atomic mass is 10.1. The van der Waals surface area contributed by atoms with E-state index in [-0.39, 0.29) is 17.2 Å². The predicted molar refractivity (Wildman–Crippen MR) is 99.6 cm³/mol. The van der Waals surface area contributed by atoms with Crippen molar-refractivity contribution < 1.29 is 14.0 Å². The van der Waals surface area contributed by atoms with E-state index in [1.807, 2.05) is 31.2 Å². The molecule has 0 fully saturated rings. The average Bonchev–Trinajstić information content (AvgIpc) is 3.08. The van der Waals surface area contributed by atoms with Crippen molar-refractivity contribution in [3.8, 4) is 5.69 Å². The number of anilines is 1. The summed E-state index contributed by atoms with van der Waals surface area (Å²) < 4.78 is 15.7. The fourth-order valence-electron chi connectivity index (χ4n) is 2.35. The molecule has 1 N–H and O–H groups in total. The van der Waals surface area contributed by atoms with Crippen LogP contribution < -0.4 is 5.32 Å². The topological polar surface area (TPSA) is 89.8 Å². The average molecular weight is 385 g/mol. The maximum atomic E-state index is 14.2. The van der Waals surface area contributed by atoms with Gasteiger partial charge in [-0.15, -0.1) is 5.10 Å². The first-order valence-electron chi connectivity index (χ1n) is 8.02. The van der Waals surface area contributed by atoms with Crippen molar-refractivity contribution in [2.45, 2.75) is 19.0 Å². The number of aryl methyl sites for hydroxylation is 1. The van der Waals surface area contributed by atoms with E-state index in [2.05, 4.69) is 20.8 Å². The van der Waals surface area contributed by atoms with E-state index in [0.717, 1.165) is 29.1 Å². The number of aromatic nitrogens is 4. The Morgan fingerprint density at radius 1 is 1.19 bits per heavy atom. The quantitative estimate of drug-likeness (QED) is 0.518. The third kappa shape index (κ3) is 4.56. The Morgan fingerprint density at radius 2 is 1.93 bits per heavy atom. The van der Waals surface area contributed by atoms with E-state index < -0.39 is 11.6 Å². The first-order valence-corrected chi connectivity index (χ1v) is 9.01. The van der Waals surface area contributed by atoms with Gasteiger partial charge in [-0.05, 0) is 47.7 Å². The Morgan fingerprint density at radius 3 is 2.59 bits per heavy atom. The molecule has 138 valence electrons. The minimum atomic E-state index is -0.690. The third-order valence-electron chi connectivity index (χ3n) is 3.64. The molecule has 1 amide bonds. The largest absolute Gasteiger partial charge is 0.326 e. The highest BCUT2D eigenvalue weighted by Crippen LogP contribution is 2.21. The maximum Gasteiger partial charge on any atom is 0.221 e. The van der Waals surface area contributed by atoms with Crippen molar-refractivity contribution in [2.24, 2.45) is 0 Å². The Hall–Kier alpha value is -3.07. The zero-order valence-corrected chi connectivity index (χ0v) is 15.5. The molecule has 9 heteroatoms. The van der Waals surface area contributed by atoms with Crippen molar-refractivity contribution in [1.82, 2.24) is 20.2 Å². The van der Waals surface area contributed by atoms with E-state index in [1.54, 1.807) is 0 Å². The zero-order valence-electron chi connectivity index (χ0n) is 14.6. The minimum absolute atomic E-state index is 0.0252. The van der Waals surface area contributed by atoms with Crippen LogP contribution in [0.3, 0.4) is 0 Å². The van der Waals surface area contributed by atoms with E-state index in [0.29, 0.717) is 10.8 Å². The number of nitrogens with one attached hydrogen (secondary N) is 1. The van der Waals surface area contributed by atoms with Gasteiger partial charge in [0, 0.05) is 12.6 Å². The summed E-state index contributed by atoms with van der Waals surface area (Å²) in [6, 6.07) is 11.6. The number of ketones is 1. The maximum absolute atomic E-state index is 14.2. The van der Waals surface area contributed by atoms with Crippen molar-refractivity contribution in [3.05, 3.63) is 59.4 Å². The van der Waals surface area contributed by atoms with Crippen LogP contribution in [0.1, 0.15) is 22.8 Å². The molecule has 1 aromatic heterocycles. The van der Waals surface area contributed by atoms with Crippen LogP contribution in [0.25, 0.3) is 5.69 Å². The Bertz CT molecular complexity index is 988. The van der Waals surface area contributed by atoms with Gasteiger partial charge in [0.2, 0.25) is 11.1 Å². The first-order chi connectivity index (χ1) is 12.9. The van der Waals surface area contributed by atoms with Gasteiger partial charge in [-0.3, -0.25) is 9.59 Å². The van der Waals surface area contributed by atoms with Gasteiger partial charge in [0.15, 0.2) is 5.78 Å². The number of carbonyl (C=O) groups excluding carboxylic acids is 2. The number of thioether (sulfide) groups is 1. The molecule has 3 rings (SSSR count). The SMILES string of the molecule is CC(=O)Nc1ccc(C(=O)CSc2nnnn2-c2ccc(C)cc2)c(F)c1. The summed E-state index contributed by atoms with van der Waals surface area (Å²) in [5, 5.41) is 14.4. The summed E-state index contributed by atoms with van der Waals surface area (Å²) in [7, 11) is 0. The Kier molecular flexibility index (Phi) is 5.60. The van der Waals surface area contributed by atoms with Crippen LogP contribution in [0.2, 0.25) is 0 Å². The molecule has 0 aliphatic rings. The van der Waals surface area contributed by atoms with Crippen molar-refractivity contribution in [2.75, 3.05) is 11.1 Å². The molecule has 0 aliphatic carbocycles. The molecular formula is C18H16FN5O2S. The molecule has 0 radical (unpaired) electrons. The normalized spacial score (nSPS) is 10.6. The lowest BCUT2D eigenvalue weighted by molar-refractivity contribution is -0.114. The van der Waals surface area contributed by atoms with Gasteiger partial charge >= 0.3 is 0 Å². The Balaban J connectivity index is 1.71. The van der Waals surface area contributed by atoms with Gasteiger partial charge in [-0.2, -0.15) is 4.68 Å². The second-order valence-electron chi connectivity index (χ2n) is 5.80. The van der Waals surface area contributed by atoms with Gasteiger partial charge in [-0.25, -0.2) is 4.39 Å².